The lowest BCUT2D eigenvalue weighted by atomic mass is 9.65. The minimum atomic E-state index is -0.880. The highest BCUT2D eigenvalue weighted by molar-refractivity contribution is 6.04. The summed E-state index contributed by atoms with van der Waals surface area (Å²) in [5.41, 5.74) is -1.70. The smallest absolute Gasteiger partial charge is 0.342 e. The van der Waals surface area contributed by atoms with Crippen LogP contribution in [0.15, 0.2) is 36.4 Å². The Morgan fingerprint density at radius 3 is 2.30 bits per heavy atom. The van der Waals surface area contributed by atoms with E-state index >= 15 is 0 Å². The molecule has 2 aliphatic rings. The first kappa shape index (κ1) is 20.6. The Bertz CT molecular complexity index is 1070. The van der Waals surface area contributed by atoms with Crippen molar-refractivity contribution < 1.29 is 23.9 Å². The standard InChI is InChI=1S/C25H28O5/c1-15(2)29-21(27)18-11-10-16-8-6-7-9-17(16)20(18)30-22(28)25-13-12-24(5,19(26)14-25)23(25,3)4/h6-11,15H,12-14H2,1-5H3. The molecule has 158 valence electrons. The summed E-state index contributed by atoms with van der Waals surface area (Å²) >= 11 is 0. The molecule has 2 aliphatic carbocycles. The molecule has 2 aromatic carbocycles. The van der Waals surface area contributed by atoms with Gasteiger partial charge in [0.05, 0.1) is 11.5 Å². The maximum absolute atomic E-state index is 13.6. The zero-order valence-corrected chi connectivity index (χ0v) is 18.2. The van der Waals surface area contributed by atoms with Crippen LogP contribution in [0, 0.1) is 16.2 Å². The number of esters is 2. The fraction of sp³-hybridized carbons (Fsp3) is 0.480. The number of hydrogen-bond donors (Lipinski definition) is 0. The number of ketones is 1. The van der Waals surface area contributed by atoms with E-state index in [9.17, 15) is 14.4 Å². The van der Waals surface area contributed by atoms with Crippen LogP contribution in [0.2, 0.25) is 0 Å². The van der Waals surface area contributed by atoms with Gasteiger partial charge in [0, 0.05) is 17.2 Å². The van der Waals surface area contributed by atoms with Crippen molar-refractivity contribution in [1.29, 1.82) is 0 Å². The predicted octanol–water partition coefficient (Wildman–Crippen LogP) is 5.10. The van der Waals surface area contributed by atoms with E-state index in [1.54, 1.807) is 19.9 Å². The molecular weight excluding hydrogens is 380 g/mol. The van der Waals surface area contributed by atoms with E-state index in [2.05, 4.69) is 0 Å². The zero-order chi connectivity index (χ0) is 21.9. The predicted molar refractivity (Wildman–Crippen MR) is 113 cm³/mol. The number of carbonyl (C=O) groups excluding carboxylic acids is 3. The fourth-order valence-electron chi connectivity index (χ4n) is 5.29. The zero-order valence-electron chi connectivity index (χ0n) is 18.2. The van der Waals surface area contributed by atoms with Crippen molar-refractivity contribution in [2.75, 3.05) is 0 Å². The summed E-state index contributed by atoms with van der Waals surface area (Å²) < 4.78 is 11.4. The van der Waals surface area contributed by atoms with Crippen molar-refractivity contribution in [3.8, 4) is 5.75 Å². The minimum Gasteiger partial charge on any atom is -0.459 e. The van der Waals surface area contributed by atoms with E-state index in [1.807, 2.05) is 51.1 Å². The van der Waals surface area contributed by atoms with Gasteiger partial charge < -0.3 is 9.47 Å². The summed E-state index contributed by atoms with van der Waals surface area (Å²) in [5.74, 6) is -0.638. The lowest BCUT2D eigenvalue weighted by molar-refractivity contribution is -0.151. The summed E-state index contributed by atoms with van der Waals surface area (Å²) in [6, 6.07) is 10.9. The average Bonchev–Trinajstić information content (AvgIpc) is 2.98. The SMILES string of the molecule is CC(C)OC(=O)c1ccc2ccccc2c1OC(=O)C12CCC(C)(C(=O)C1)C2(C)C. The van der Waals surface area contributed by atoms with Crippen molar-refractivity contribution in [1.82, 2.24) is 0 Å². The molecule has 0 radical (unpaired) electrons. The van der Waals surface area contributed by atoms with Crippen molar-refractivity contribution in [3.63, 3.8) is 0 Å². The molecule has 2 saturated carbocycles. The molecule has 30 heavy (non-hydrogen) atoms. The first-order valence-corrected chi connectivity index (χ1v) is 10.5. The molecule has 0 aliphatic heterocycles. The summed E-state index contributed by atoms with van der Waals surface area (Å²) in [7, 11) is 0. The molecule has 2 fully saturated rings. The molecule has 0 amide bonds. The quantitative estimate of drug-likeness (QED) is 0.520. The Balaban J connectivity index is 1.79. The number of ether oxygens (including phenoxy) is 2. The monoisotopic (exact) mass is 408 g/mol. The molecule has 2 aromatic rings. The molecule has 2 bridgehead atoms. The van der Waals surface area contributed by atoms with Crippen LogP contribution in [0.25, 0.3) is 10.8 Å². The van der Waals surface area contributed by atoms with Crippen LogP contribution in [0.4, 0.5) is 0 Å². The Morgan fingerprint density at radius 2 is 1.70 bits per heavy atom. The number of fused-ring (bicyclic) bond motifs is 3. The van der Waals surface area contributed by atoms with Crippen molar-refractivity contribution in [3.05, 3.63) is 42.0 Å². The second kappa shape index (κ2) is 6.66. The lowest BCUT2D eigenvalue weighted by Gasteiger charge is -2.38. The molecule has 0 N–H and O–H groups in total. The first-order chi connectivity index (χ1) is 14.0. The van der Waals surface area contributed by atoms with Gasteiger partial charge in [-0.05, 0) is 43.6 Å². The van der Waals surface area contributed by atoms with Gasteiger partial charge in [-0.2, -0.15) is 0 Å². The number of rotatable bonds is 4. The molecule has 5 nitrogen and oxygen atoms in total. The summed E-state index contributed by atoms with van der Waals surface area (Å²) in [4.78, 5) is 39.1. The van der Waals surface area contributed by atoms with Gasteiger partial charge in [0.15, 0.2) is 5.75 Å². The largest absolute Gasteiger partial charge is 0.459 e. The van der Waals surface area contributed by atoms with E-state index in [0.717, 1.165) is 5.39 Å². The minimum absolute atomic E-state index is 0.119. The van der Waals surface area contributed by atoms with Gasteiger partial charge in [-0.15, -0.1) is 0 Å². The molecule has 0 saturated heterocycles. The average molecular weight is 408 g/mol. The van der Waals surface area contributed by atoms with Gasteiger partial charge in [0.2, 0.25) is 0 Å². The molecular formula is C25H28O5. The normalized spacial score (nSPS) is 26.9. The van der Waals surface area contributed by atoms with Crippen LogP contribution in [0.5, 0.6) is 5.75 Å². The molecule has 5 heteroatoms. The third-order valence-corrected chi connectivity index (χ3v) is 7.73. The number of hydrogen-bond acceptors (Lipinski definition) is 5. The van der Waals surface area contributed by atoms with Crippen LogP contribution < -0.4 is 4.74 Å². The van der Waals surface area contributed by atoms with Gasteiger partial charge in [-0.1, -0.05) is 51.1 Å². The molecule has 0 spiro atoms. The summed E-state index contributed by atoms with van der Waals surface area (Å²) in [5, 5.41) is 1.53. The van der Waals surface area contributed by atoms with Gasteiger partial charge in [-0.3, -0.25) is 9.59 Å². The highest BCUT2D eigenvalue weighted by Gasteiger charge is 2.73. The maximum Gasteiger partial charge on any atom is 0.342 e. The highest BCUT2D eigenvalue weighted by atomic mass is 16.6. The molecule has 0 heterocycles. The third-order valence-electron chi connectivity index (χ3n) is 7.73. The second-order valence-electron chi connectivity index (χ2n) is 9.65. The van der Waals surface area contributed by atoms with E-state index in [-0.39, 0.29) is 29.6 Å². The third kappa shape index (κ3) is 2.64. The van der Waals surface area contributed by atoms with Crippen molar-refractivity contribution in [2.24, 2.45) is 16.2 Å². The number of carbonyl (C=O) groups is 3. The summed E-state index contributed by atoms with van der Waals surface area (Å²) in [6.45, 7) is 9.48. The van der Waals surface area contributed by atoms with E-state index < -0.39 is 28.2 Å². The van der Waals surface area contributed by atoms with Gasteiger partial charge in [0.25, 0.3) is 0 Å². The maximum atomic E-state index is 13.6. The molecule has 4 rings (SSSR count). The van der Waals surface area contributed by atoms with E-state index in [0.29, 0.717) is 18.2 Å². The lowest BCUT2D eigenvalue weighted by Crippen LogP contribution is -2.43. The van der Waals surface area contributed by atoms with Gasteiger partial charge >= 0.3 is 11.9 Å². The Hall–Kier alpha value is -2.69. The second-order valence-corrected chi connectivity index (χ2v) is 9.65. The van der Waals surface area contributed by atoms with E-state index in [1.165, 1.54) is 0 Å². The van der Waals surface area contributed by atoms with Crippen LogP contribution in [-0.2, 0) is 14.3 Å². The molecule has 2 unspecified atom stereocenters. The van der Waals surface area contributed by atoms with Crippen molar-refractivity contribution >= 4 is 28.5 Å². The van der Waals surface area contributed by atoms with Crippen LogP contribution in [0.3, 0.4) is 0 Å². The molecule has 0 aromatic heterocycles. The molecule has 2 atom stereocenters. The number of Topliss-reactive ketones (excluding diaryl/α,β-unsaturated/α-hetero) is 1. The number of benzene rings is 2. The first-order valence-electron chi connectivity index (χ1n) is 10.5. The Labute approximate surface area is 176 Å². The van der Waals surface area contributed by atoms with Crippen molar-refractivity contribution in [2.45, 2.75) is 60.0 Å². The van der Waals surface area contributed by atoms with Crippen LogP contribution in [-0.4, -0.2) is 23.8 Å². The van der Waals surface area contributed by atoms with E-state index in [4.69, 9.17) is 9.47 Å². The van der Waals surface area contributed by atoms with Crippen LogP contribution in [0.1, 0.15) is 64.2 Å². The Kier molecular flexibility index (Phi) is 4.57. The highest BCUT2D eigenvalue weighted by Crippen LogP contribution is 2.70. The Morgan fingerprint density at radius 1 is 1.00 bits per heavy atom. The summed E-state index contributed by atoms with van der Waals surface area (Å²) in [6.07, 6.45) is 1.17. The van der Waals surface area contributed by atoms with Gasteiger partial charge in [0.1, 0.15) is 11.3 Å². The fourth-order valence-corrected chi connectivity index (χ4v) is 5.29. The van der Waals surface area contributed by atoms with Gasteiger partial charge in [-0.25, -0.2) is 4.79 Å². The topological polar surface area (TPSA) is 69.7 Å². The van der Waals surface area contributed by atoms with Crippen LogP contribution >= 0.6 is 0 Å².